The number of aliphatic hydroxyl groups is 6. The number of carbonyl (C=O) groups excluding carboxylic acids is 1. The summed E-state index contributed by atoms with van der Waals surface area (Å²) in [4.78, 5) is 13.1. The van der Waals surface area contributed by atoms with Crippen molar-refractivity contribution in [3.05, 3.63) is 0 Å². The van der Waals surface area contributed by atoms with Crippen molar-refractivity contribution in [3.63, 3.8) is 0 Å². The lowest BCUT2D eigenvalue weighted by Crippen LogP contribution is -2.66. The average molecular weight is 872 g/mol. The highest BCUT2D eigenvalue weighted by molar-refractivity contribution is 5.76. The molecule has 1 saturated heterocycles. The Kier molecular flexibility index (Phi) is 37.7. The van der Waals surface area contributed by atoms with E-state index < -0.39 is 55.1 Å². The quantitative estimate of drug-likeness (QED) is 0.0295. The van der Waals surface area contributed by atoms with Gasteiger partial charge in [-0.2, -0.15) is 0 Å². The summed E-state index contributed by atoms with van der Waals surface area (Å²) in [5, 5.41) is 66.4. The Labute approximate surface area is 375 Å². The molecule has 10 nitrogen and oxygen atoms in total. The summed E-state index contributed by atoms with van der Waals surface area (Å²) in [7, 11) is 0. The monoisotopic (exact) mass is 872 g/mol. The molecule has 1 aliphatic heterocycles. The van der Waals surface area contributed by atoms with Crippen molar-refractivity contribution in [1.82, 2.24) is 5.32 Å². The smallest absolute Gasteiger partial charge is 0.220 e. The Bertz CT molecular complexity index is 970. The maximum Gasteiger partial charge on any atom is 0.220 e. The lowest BCUT2D eigenvalue weighted by molar-refractivity contribution is -0.337. The predicted octanol–water partition coefficient (Wildman–Crippen LogP) is 10.9. The number of amides is 1. The summed E-state index contributed by atoms with van der Waals surface area (Å²) in [6.45, 7) is 4.86. The first-order chi connectivity index (χ1) is 29.6. The number of aliphatic hydroxyl groups excluding tert-OH is 5. The zero-order chi connectivity index (χ0) is 44.8. The summed E-state index contributed by atoms with van der Waals surface area (Å²) in [6, 6.07) is -1.000. The van der Waals surface area contributed by atoms with Gasteiger partial charge in [0.05, 0.1) is 25.4 Å². The number of nitrogens with one attached hydrogen (secondary N) is 1. The van der Waals surface area contributed by atoms with Crippen LogP contribution in [-0.4, -0.2) is 98.2 Å². The molecule has 1 amide bonds. The molecule has 8 atom stereocenters. The minimum absolute atomic E-state index is 0.256. The van der Waals surface area contributed by atoms with Crippen molar-refractivity contribution in [2.75, 3.05) is 13.2 Å². The van der Waals surface area contributed by atoms with Crippen molar-refractivity contribution >= 4 is 5.91 Å². The summed E-state index contributed by atoms with van der Waals surface area (Å²) in [5.41, 5.74) is -2.02. The highest BCUT2D eigenvalue weighted by Crippen LogP contribution is 2.31. The van der Waals surface area contributed by atoms with Gasteiger partial charge in [0.15, 0.2) is 6.29 Å². The van der Waals surface area contributed by atoms with Crippen LogP contribution in [0.1, 0.15) is 258 Å². The third kappa shape index (κ3) is 29.3. The molecular weight excluding hydrogens is 771 g/mol. The maximum atomic E-state index is 13.1. The molecule has 1 rings (SSSR count). The molecule has 0 aromatic rings. The highest BCUT2D eigenvalue weighted by atomic mass is 16.7. The van der Waals surface area contributed by atoms with Crippen molar-refractivity contribution in [3.8, 4) is 0 Å². The summed E-state index contributed by atoms with van der Waals surface area (Å²) >= 11 is 0. The van der Waals surface area contributed by atoms with Gasteiger partial charge in [0, 0.05) is 6.42 Å². The SMILES string of the molecule is CCCCCCCCCCCCCCCCCCCCCCCCCC(=O)N[C@@H](CO[C@H]1OC(CO)[C@H](O)C(O)[C@]1(C)O)[C@H](O)[C@H](O)CCCCCCCCCCCCCC. The Balaban J connectivity index is 2.31. The van der Waals surface area contributed by atoms with Gasteiger partial charge in [-0.3, -0.25) is 4.79 Å². The molecule has 2 unspecified atom stereocenters. The molecule has 0 radical (unpaired) electrons. The molecule has 7 N–H and O–H groups in total. The maximum absolute atomic E-state index is 13.1. The number of rotatable bonds is 44. The minimum Gasteiger partial charge on any atom is -0.394 e. The van der Waals surface area contributed by atoms with Crippen LogP contribution in [0, 0.1) is 0 Å². The van der Waals surface area contributed by atoms with E-state index in [1.165, 1.54) is 180 Å². The van der Waals surface area contributed by atoms with Crippen molar-refractivity contribution in [1.29, 1.82) is 0 Å². The van der Waals surface area contributed by atoms with E-state index in [2.05, 4.69) is 19.2 Å². The van der Waals surface area contributed by atoms with Gasteiger partial charge in [-0.05, 0) is 19.8 Å². The zero-order valence-electron chi connectivity index (χ0n) is 40.0. The van der Waals surface area contributed by atoms with Crippen molar-refractivity contribution < 1.29 is 44.9 Å². The molecule has 364 valence electrons. The van der Waals surface area contributed by atoms with Gasteiger partial charge in [0.2, 0.25) is 5.91 Å². The molecule has 1 heterocycles. The van der Waals surface area contributed by atoms with E-state index in [0.717, 1.165) is 51.4 Å². The summed E-state index contributed by atoms with van der Waals surface area (Å²) < 4.78 is 11.4. The number of hydrogen-bond acceptors (Lipinski definition) is 9. The zero-order valence-corrected chi connectivity index (χ0v) is 40.0. The third-order valence-corrected chi connectivity index (χ3v) is 13.2. The lowest BCUT2D eigenvalue weighted by Gasteiger charge is -2.46. The van der Waals surface area contributed by atoms with Gasteiger partial charge in [-0.15, -0.1) is 0 Å². The fraction of sp³-hybridized carbons (Fsp3) is 0.980. The topological polar surface area (TPSA) is 169 Å². The number of unbranched alkanes of at least 4 members (excludes halogenated alkanes) is 33. The normalized spacial score (nSPS) is 22.0. The van der Waals surface area contributed by atoms with Crippen LogP contribution in [0.3, 0.4) is 0 Å². The van der Waals surface area contributed by atoms with E-state index in [1.54, 1.807) is 0 Å². The summed E-state index contributed by atoms with van der Waals surface area (Å²) in [5.74, 6) is -0.256. The number of ether oxygens (including phenoxy) is 2. The second kappa shape index (κ2) is 39.5. The van der Waals surface area contributed by atoms with Crippen LogP contribution in [0.15, 0.2) is 0 Å². The van der Waals surface area contributed by atoms with E-state index >= 15 is 0 Å². The van der Waals surface area contributed by atoms with E-state index in [-0.39, 0.29) is 18.9 Å². The average Bonchev–Trinajstić information content (AvgIpc) is 3.25. The largest absolute Gasteiger partial charge is 0.394 e. The second-order valence-electron chi connectivity index (χ2n) is 19.1. The molecule has 61 heavy (non-hydrogen) atoms. The second-order valence-corrected chi connectivity index (χ2v) is 19.1. The third-order valence-electron chi connectivity index (χ3n) is 13.2. The molecule has 0 bridgehead atoms. The molecular formula is C51H101NO9. The van der Waals surface area contributed by atoms with Crippen LogP contribution in [0.25, 0.3) is 0 Å². The Morgan fingerprint density at radius 1 is 0.590 bits per heavy atom. The molecule has 0 aromatic heterocycles. The molecule has 0 aliphatic carbocycles. The van der Waals surface area contributed by atoms with E-state index in [1.807, 2.05) is 0 Å². The minimum atomic E-state index is -2.02. The molecule has 0 aromatic carbocycles. The van der Waals surface area contributed by atoms with Gasteiger partial charge in [0.25, 0.3) is 0 Å². The standard InChI is InChI=1S/C51H101NO9/c1-4-6-8-10-12-14-16-18-19-20-21-22-23-24-25-26-27-28-30-32-34-36-38-40-46(55)52-43(42-60-50-51(3,59)49(58)48(57)45(41-53)61-50)47(56)44(54)39-37-35-33-31-29-17-15-13-11-9-7-5-2/h43-45,47-50,53-54,56-59H,4-42H2,1-3H3,(H,52,55)/t43-,44+,45?,47-,48-,49?,50-,51-/m0/s1. The van der Waals surface area contributed by atoms with Gasteiger partial charge in [0.1, 0.15) is 30.0 Å². The molecule has 1 fully saturated rings. The Morgan fingerprint density at radius 3 is 1.30 bits per heavy atom. The van der Waals surface area contributed by atoms with Crippen molar-refractivity contribution in [2.24, 2.45) is 0 Å². The van der Waals surface area contributed by atoms with Crippen LogP contribution in [0.2, 0.25) is 0 Å². The van der Waals surface area contributed by atoms with E-state index in [9.17, 15) is 35.4 Å². The van der Waals surface area contributed by atoms with Crippen LogP contribution in [0.5, 0.6) is 0 Å². The number of hydrogen-bond donors (Lipinski definition) is 7. The van der Waals surface area contributed by atoms with Crippen LogP contribution < -0.4 is 5.32 Å². The predicted molar refractivity (Wildman–Crippen MR) is 250 cm³/mol. The first-order valence-corrected chi connectivity index (χ1v) is 26.2. The Hall–Kier alpha value is -0.850. The molecule has 10 heteroatoms. The van der Waals surface area contributed by atoms with Gasteiger partial charge < -0.3 is 45.4 Å². The van der Waals surface area contributed by atoms with Gasteiger partial charge >= 0.3 is 0 Å². The molecule has 1 aliphatic rings. The fourth-order valence-corrected chi connectivity index (χ4v) is 8.82. The van der Waals surface area contributed by atoms with Crippen molar-refractivity contribution in [2.45, 2.75) is 307 Å². The van der Waals surface area contributed by atoms with E-state index in [4.69, 9.17) is 9.47 Å². The highest BCUT2D eigenvalue weighted by Gasteiger charge is 2.52. The van der Waals surface area contributed by atoms with Crippen LogP contribution in [0.4, 0.5) is 0 Å². The molecule has 0 spiro atoms. The first kappa shape index (κ1) is 58.2. The summed E-state index contributed by atoms with van der Waals surface area (Å²) in [6.07, 6.45) is 36.8. The fourth-order valence-electron chi connectivity index (χ4n) is 8.82. The van der Waals surface area contributed by atoms with E-state index in [0.29, 0.717) is 6.42 Å². The Morgan fingerprint density at radius 2 is 0.934 bits per heavy atom. The van der Waals surface area contributed by atoms with Crippen LogP contribution >= 0.6 is 0 Å². The van der Waals surface area contributed by atoms with Gasteiger partial charge in [-0.25, -0.2) is 0 Å². The lowest BCUT2D eigenvalue weighted by atomic mass is 9.88. The van der Waals surface area contributed by atoms with Crippen LogP contribution in [-0.2, 0) is 14.3 Å². The molecule has 0 saturated carbocycles. The first-order valence-electron chi connectivity index (χ1n) is 26.2. The number of carbonyl (C=O) groups is 1. The van der Waals surface area contributed by atoms with Gasteiger partial charge in [-0.1, -0.05) is 232 Å².